The molecule has 0 spiro atoms. The summed E-state index contributed by atoms with van der Waals surface area (Å²) in [6, 6.07) is -1.01. The zero-order chi connectivity index (χ0) is 44.5. The Bertz CT molecular complexity index is 924. The average molecular weight is 862 g/mol. The Morgan fingerprint density at radius 3 is 1.03 bits per heavy atom. The largest absolute Gasteiger partial charge is 0.394 e. The molecule has 0 heterocycles. The Balaban J connectivity index is 3.69. The second kappa shape index (κ2) is 49.8. The summed E-state index contributed by atoms with van der Waals surface area (Å²) < 4.78 is 0. The molecule has 4 atom stereocenters. The Labute approximate surface area is 380 Å². The van der Waals surface area contributed by atoms with Crippen molar-refractivity contribution in [2.45, 2.75) is 314 Å². The van der Waals surface area contributed by atoms with E-state index in [0.29, 0.717) is 19.3 Å². The molecule has 0 aromatic heterocycles. The topological polar surface area (TPSA) is 110 Å². The van der Waals surface area contributed by atoms with Gasteiger partial charge in [-0.25, -0.2) is 0 Å². The first-order chi connectivity index (χ1) is 30.0. The van der Waals surface area contributed by atoms with E-state index in [-0.39, 0.29) is 0 Å². The summed E-state index contributed by atoms with van der Waals surface area (Å²) in [6.45, 7) is 4.07. The van der Waals surface area contributed by atoms with Crippen LogP contribution in [0.15, 0.2) is 24.3 Å². The number of aliphatic hydroxyl groups is 4. The maximum atomic E-state index is 12.6. The van der Waals surface area contributed by atoms with E-state index < -0.39 is 36.9 Å². The highest BCUT2D eigenvalue weighted by molar-refractivity contribution is 5.80. The summed E-state index contributed by atoms with van der Waals surface area (Å²) in [5.41, 5.74) is 0. The quantitative estimate of drug-likeness (QED) is 0.0309. The predicted molar refractivity (Wildman–Crippen MR) is 265 cm³/mol. The molecule has 6 nitrogen and oxygen atoms in total. The fourth-order valence-corrected chi connectivity index (χ4v) is 8.60. The number of amides is 1. The van der Waals surface area contributed by atoms with Crippen LogP contribution >= 0.6 is 0 Å². The number of hydrogen-bond donors (Lipinski definition) is 5. The molecule has 6 heteroatoms. The Hall–Kier alpha value is -1.21. The van der Waals surface area contributed by atoms with Crippen molar-refractivity contribution in [2.24, 2.45) is 0 Å². The zero-order valence-corrected chi connectivity index (χ0v) is 40.9. The van der Waals surface area contributed by atoms with Gasteiger partial charge in [0.25, 0.3) is 0 Å². The number of unbranched alkanes of at least 4 members (excludes halogenated alkanes) is 37. The van der Waals surface area contributed by atoms with Gasteiger partial charge < -0.3 is 25.7 Å². The number of allylic oxidation sites excluding steroid dienone is 4. The highest BCUT2D eigenvalue weighted by Crippen LogP contribution is 2.17. The SMILES string of the molecule is CCCCCCCCCCCCCCCCC/C=C/CC/C=C/CCCC(O)C(O)C(CO)NC(=O)C(O)CCCCCCCCCCCCCCCCCCCCCCC. The smallest absolute Gasteiger partial charge is 0.249 e. The summed E-state index contributed by atoms with van der Waals surface area (Å²) in [4.78, 5) is 12.6. The van der Waals surface area contributed by atoms with Crippen LogP contribution in [-0.2, 0) is 4.79 Å². The van der Waals surface area contributed by atoms with Crippen LogP contribution in [0.1, 0.15) is 290 Å². The molecule has 0 radical (unpaired) electrons. The molecule has 5 N–H and O–H groups in total. The van der Waals surface area contributed by atoms with Crippen LogP contribution in [0.3, 0.4) is 0 Å². The molecule has 4 unspecified atom stereocenters. The maximum Gasteiger partial charge on any atom is 0.249 e. The van der Waals surface area contributed by atoms with Crippen molar-refractivity contribution in [2.75, 3.05) is 6.61 Å². The summed E-state index contributed by atoms with van der Waals surface area (Å²) >= 11 is 0. The molecule has 0 aromatic carbocycles. The van der Waals surface area contributed by atoms with Crippen LogP contribution in [0.2, 0.25) is 0 Å². The molecule has 0 aliphatic carbocycles. The van der Waals surface area contributed by atoms with Crippen molar-refractivity contribution in [3.8, 4) is 0 Å². The minimum absolute atomic E-state index is 0.364. The summed E-state index contributed by atoms with van der Waals surface area (Å²) in [6.07, 6.45) is 59.5. The lowest BCUT2D eigenvalue weighted by molar-refractivity contribution is -0.132. The van der Waals surface area contributed by atoms with Gasteiger partial charge in [-0.2, -0.15) is 0 Å². The van der Waals surface area contributed by atoms with Gasteiger partial charge in [0.1, 0.15) is 12.2 Å². The van der Waals surface area contributed by atoms with E-state index in [4.69, 9.17) is 0 Å². The van der Waals surface area contributed by atoms with Crippen LogP contribution in [0.5, 0.6) is 0 Å². The molecule has 0 fully saturated rings. The van der Waals surface area contributed by atoms with Crippen molar-refractivity contribution in [3.63, 3.8) is 0 Å². The van der Waals surface area contributed by atoms with Crippen LogP contribution in [-0.4, -0.2) is 57.3 Å². The van der Waals surface area contributed by atoms with Crippen molar-refractivity contribution in [1.29, 1.82) is 0 Å². The lowest BCUT2D eigenvalue weighted by Crippen LogP contribution is -2.53. The van der Waals surface area contributed by atoms with Crippen molar-refractivity contribution >= 4 is 5.91 Å². The molecule has 0 aliphatic heterocycles. The van der Waals surface area contributed by atoms with E-state index in [9.17, 15) is 25.2 Å². The molecular formula is C55H107NO5. The third-order valence-electron chi connectivity index (χ3n) is 12.9. The number of hydrogen-bond acceptors (Lipinski definition) is 5. The lowest BCUT2D eigenvalue weighted by atomic mass is 10.00. The molecule has 0 aliphatic rings. The standard InChI is InChI=1S/C55H107NO5/c1-3-5-7-9-11-13-15-17-19-21-23-25-26-27-29-30-32-34-36-38-40-42-44-46-48-52(58)54(60)51(50-57)56-55(61)53(59)49-47-45-43-41-39-37-35-33-31-28-24-22-20-18-16-14-12-10-8-6-4-2/h32,34,40,42,51-54,57-60H,3-31,33,35-39,41,43-50H2,1-2H3,(H,56,61)/b34-32+,42-40+. The van der Waals surface area contributed by atoms with E-state index in [1.165, 1.54) is 218 Å². The lowest BCUT2D eigenvalue weighted by Gasteiger charge is -2.27. The van der Waals surface area contributed by atoms with Crippen LogP contribution < -0.4 is 5.32 Å². The molecule has 0 rings (SSSR count). The third-order valence-corrected chi connectivity index (χ3v) is 12.9. The monoisotopic (exact) mass is 862 g/mol. The fourth-order valence-electron chi connectivity index (χ4n) is 8.60. The Morgan fingerprint density at radius 1 is 0.393 bits per heavy atom. The predicted octanol–water partition coefficient (Wildman–Crippen LogP) is 15.5. The van der Waals surface area contributed by atoms with E-state index in [0.717, 1.165) is 38.5 Å². The van der Waals surface area contributed by atoms with E-state index >= 15 is 0 Å². The normalized spacial score (nSPS) is 14.0. The van der Waals surface area contributed by atoms with Gasteiger partial charge in [0.15, 0.2) is 0 Å². The summed E-state index contributed by atoms with van der Waals surface area (Å²) in [7, 11) is 0. The van der Waals surface area contributed by atoms with Crippen LogP contribution in [0.4, 0.5) is 0 Å². The van der Waals surface area contributed by atoms with Crippen LogP contribution in [0, 0.1) is 0 Å². The second-order valence-electron chi connectivity index (χ2n) is 18.9. The number of rotatable bonds is 50. The molecule has 1 amide bonds. The van der Waals surface area contributed by atoms with E-state index in [1.807, 2.05) is 0 Å². The van der Waals surface area contributed by atoms with Gasteiger partial charge in [0.2, 0.25) is 5.91 Å². The van der Waals surface area contributed by atoms with Gasteiger partial charge in [0, 0.05) is 0 Å². The van der Waals surface area contributed by atoms with Gasteiger partial charge in [-0.1, -0.05) is 263 Å². The molecule has 0 saturated heterocycles. The fraction of sp³-hybridized carbons (Fsp3) is 0.909. The number of carbonyl (C=O) groups is 1. The second-order valence-corrected chi connectivity index (χ2v) is 18.9. The Morgan fingerprint density at radius 2 is 0.689 bits per heavy atom. The van der Waals surface area contributed by atoms with Crippen molar-refractivity contribution in [1.82, 2.24) is 5.32 Å². The molecule has 0 saturated carbocycles. The van der Waals surface area contributed by atoms with Crippen molar-refractivity contribution < 1.29 is 25.2 Å². The molecule has 61 heavy (non-hydrogen) atoms. The van der Waals surface area contributed by atoms with Gasteiger partial charge in [-0.3, -0.25) is 4.79 Å². The average Bonchev–Trinajstić information content (AvgIpc) is 3.26. The number of carbonyl (C=O) groups excluding carboxylic acids is 1. The first-order valence-corrected chi connectivity index (χ1v) is 27.2. The third kappa shape index (κ3) is 43.8. The van der Waals surface area contributed by atoms with Gasteiger partial charge in [0.05, 0.1) is 18.8 Å². The van der Waals surface area contributed by atoms with Gasteiger partial charge in [-0.15, -0.1) is 0 Å². The van der Waals surface area contributed by atoms with Gasteiger partial charge in [-0.05, 0) is 51.4 Å². The van der Waals surface area contributed by atoms with Crippen molar-refractivity contribution in [3.05, 3.63) is 24.3 Å². The van der Waals surface area contributed by atoms with Gasteiger partial charge >= 0.3 is 0 Å². The maximum absolute atomic E-state index is 12.6. The highest BCUT2D eigenvalue weighted by atomic mass is 16.3. The van der Waals surface area contributed by atoms with Crippen LogP contribution in [0.25, 0.3) is 0 Å². The molecular weight excluding hydrogens is 755 g/mol. The summed E-state index contributed by atoms with van der Waals surface area (Å²) in [5, 5.41) is 43.9. The molecule has 0 aromatic rings. The molecule has 362 valence electrons. The first kappa shape index (κ1) is 59.8. The number of nitrogens with one attached hydrogen (secondary N) is 1. The van der Waals surface area contributed by atoms with E-state index in [1.54, 1.807) is 0 Å². The first-order valence-electron chi connectivity index (χ1n) is 27.2. The minimum atomic E-state index is -1.29. The number of aliphatic hydroxyl groups excluding tert-OH is 4. The summed E-state index contributed by atoms with van der Waals surface area (Å²) in [5.74, 6) is -0.592. The Kier molecular flexibility index (Phi) is 48.8. The minimum Gasteiger partial charge on any atom is -0.394 e. The highest BCUT2D eigenvalue weighted by Gasteiger charge is 2.28. The molecule has 0 bridgehead atoms. The zero-order valence-electron chi connectivity index (χ0n) is 40.9. The van der Waals surface area contributed by atoms with E-state index in [2.05, 4.69) is 43.5 Å².